The summed E-state index contributed by atoms with van der Waals surface area (Å²) in [5.74, 6) is -0.00158. The van der Waals surface area contributed by atoms with Crippen LogP contribution in [0.4, 0.5) is 15.9 Å². The Morgan fingerprint density at radius 1 is 1.08 bits per heavy atom. The van der Waals surface area contributed by atoms with Crippen molar-refractivity contribution < 1.29 is 9.18 Å². The maximum atomic E-state index is 13.0. The number of aryl methyl sites for hydroxylation is 1. The lowest BCUT2D eigenvalue weighted by molar-refractivity contribution is -0.117. The number of carbonyl (C=O) groups is 1. The van der Waals surface area contributed by atoms with Crippen LogP contribution < -0.4 is 10.6 Å². The van der Waals surface area contributed by atoms with Gasteiger partial charge in [-0.15, -0.1) is 0 Å². The molecule has 1 heterocycles. The van der Waals surface area contributed by atoms with Crippen LogP contribution in [0.15, 0.2) is 66.9 Å². The fourth-order valence-electron chi connectivity index (χ4n) is 2.33. The highest BCUT2D eigenvalue weighted by molar-refractivity contribution is 5.97. The highest BCUT2D eigenvalue weighted by Crippen LogP contribution is 2.20. The Labute approximate surface area is 139 Å². The van der Waals surface area contributed by atoms with Crippen LogP contribution in [0.3, 0.4) is 0 Å². The van der Waals surface area contributed by atoms with Crippen LogP contribution in [0.5, 0.6) is 0 Å². The smallest absolute Gasteiger partial charge is 0.251 e. The minimum absolute atomic E-state index is 0.251. The molecule has 0 aliphatic rings. The summed E-state index contributed by atoms with van der Waals surface area (Å²) in [6.07, 6.45) is 1.79. The van der Waals surface area contributed by atoms with Crippen molar-refractivity contribution in [2.24, 2.45) is 7.05 Å². The molecule has 0 aliphatic heterocycles. The topological polar surface area (TPSA) is 59.0 Å². The third kappa shape index (κ3) is 3.78. The van der Waals surface area contributed by atoms with Crippen LogP contribution in [0.2, 0.25) is 0 Å². The lowest BCUT2D eigenvalue weighted by Gasteiger charge is -2.18. The Kier molecular flexibility index (Phi) is 4.56. The van der Waals surface area contributed by atoms with E-state index in [-0.39, 0.29) is 11.7 Å². The van der Waals surface area contributed by atoms with Crippen molar-refractivity contribution in [1.29, 1.82) is 0 Å². The van der Waals surface area contributed by atoms with Gasteiger partial charge in [0, 0.05) is 25.0 Å². The minimum Gasteiger partial charge on any atom is -0.353 e. The van der Waals surface area contributed by atoms with E-state index >= 15 is 0 Å². The molecule has 0 saturated heterocycles. The number of nitrogens with one attached hydrogen (secondary N) is 2. The molecule has 0 fully saturated rings. The molecule has 3 rings (SSSR count). The fourth-order valence-corrected chi connectivity index (χ4v) is 2.33. The second kappa shape index (κ2) is 6.95. The Hall–Kier alpha value is -3.15. The number of hydrogen-bond donors (Lipinski definition) is 2. The Balaban J connectivity index is 1.83. The minimum atomic E-state index is -0.619. The van der Waals surface area contributed by atoms with E-state index in [1.165, 1.54) is 24.3 Å². The number of amides is 1. The van der Waals surface area contributed by atoms with Gasteiger partial charge in [-0.25, -0.2) is 4.39 Å². The van der Waals surface area contributed by atoms with E-state index in [2.05, 4.69) is 15.7 Å². The van der Waals surface area contributed by atoms with E-state index in [9.17, 15) is 9.18 Å². The molecule has 0 radical (unpaired) electrons. The van der Waals surface area contributed by atoms with Crippen LogP contribution in [-0.2, 0) is 11.8 Å². The van der Waals surface area contributed by atoms with Gasteiger partial charge in [0.25, 0.3) is 5.91 Å². The molecule has 2 aromatic carbocycles. The predicted molar refractivity (Wildman–Crippen MR) is 91.0 cm³/mol. The largest absolute Gasteiger partial charge is 0.353 e. The van der Waals surface area contributed by atoms with Gasteiger partial charge in [0.2, 0.25) is 0 Å². The van der Waals surface area contributed by atoms with Crippen molar-refractivity contribution in [3.8, 4) is 0 Å². The molecule has 3 aromatic rings. The van der Waals surface area contributed by atoms with Gasteiger partial charge in [0.15, 0.2) is 0 Å². The van der Waals surface area contributed by atoms with Crippen LogP contribution in [0.1, 0.15) is 11.6 Å². The van der Waals surface area contributed by atoms with E-state index in [1.54, 1.807) is 24.0 Å². The van der Waals surface area contributed by atoms with Crippen molar-refractivity contribution in [3.63, 3.8) is 0 Å². The first-order valence-corrected chi connectivity index (χ1v) is 7.49. The molecule has 1 aromatic heterocycles. The Morgan fingerprint density at radius 3 is 2.42 bits per heavy atom. The number of hydrogen-bond acceptors (Lipinski definition) is 3. The maximum Gasteiger partial charge on any atom is 0.251 e. The number of halogens is 1. The summed E-state index contributed by atoms with van der Waals surface area (Å²) >= 11 is 0. The zero-order valence-corrected chi connectivity index (χ0v) is 13.1. The first-order chi connectivity index (χ1) is 11.6. The van der Waals surface area contributed by atoms with E-state index in [1.807, 2.05) is 30.3 Å². The average molecular weight is 324 g/mol. The molecule has 0 bridgehead atoms. The Bertz CT molecular complexity index is 815. The number of carbonyl (C=O) groups excluding carboxylic acids is 1. The summed E-state index contributed by atoms with van der Waals surface area (Å²) in [5.41, 5.74) is 1.34. The standard InChI is InChI=1S/C18H17FN4O/c1-23-12-11-16(22-23)21-17(13-5-3-2-4-6-13)18(24)20-15-9-7-14(19)8-10-15/h2-12,17H,1H3,(H,20,24)(H,21,22)/t17-/m1/s1. The molecule has 1 atom stereocenters. The van der Waals surface area contributed by atoms with Gasteiger partial charge in [-0.1, -0.05) is 30.3 Å². The molecule has 2 N–H and O–H groups in total. The lowest BCUT2D eigenvalue weighted by atomic mass is 10.1. The van der Waals surface area contributed by atoms with E-state index in [0.717, 1.165) is 5.56 Å². The van der Waals surface area contributed by atoms with Gasteiger partial charge in [-0.2, -0.15) is 5.10 Å². The van der Waals surface area contributed by atoms with Crippen LogP contribution in [-0.4, -0.2) is 15.7 Å². The molecule has 0 spiro atoms. The fraction of sp³-hybridized carbons (Fsp3) is 0.111. The average Bonchev–Trinajstić information content (AvgIpc) is 3.00. The molecular formula is C18H17FN4O. The van der Waals surface area contributed by atoms with E-state index in [0.29, 0.717) is 11.5 Å². The third-order valence-corrected chi connectivity index (χ3v) is 3.51. The zero-order valence-electron chi connectivity index (χ0n) is 13.1. The highest BCUT2D eigenvalue weighted by atomic mass is 19.1. The molecule has 0 aliphatic carbocycles. The third-order valence-electron chi connectivity index (χ3n) is 3.51. The normalized spacial score (nSPS) is 11.8. The van der Waals surface area contributed by atoms with Crippen molar-refractivity contribution in [3.05, 3.63) is 78.2 Å². The summed E-state index contributed by atoms with van der Waals surface area (Å²) < 4.78 is 14.7. The molecule has 6 heteroatoms. The highest BCUT2D eigenvalue weighted by Gasteiger charge is 2.21. The van der Waals surface area contributed by atoms with Crippen LogP contribution in [0, 0.1) is 5.82 Å². The molecule has 5 nitrogen and oxygen atoms in total. The predicted octanol–water partition coefficient (Wildman–Crippen LogP) is 3.35. The molecule has 122 valence electrons. The van der Waals surface area contributed by atoms with Gasteiger partial charge in [0.05, 0.1) is 0 Å². The number of anilines is 2. The molecular weight excluding hydrogens is 307 g/mol. The SMILES string of the molecule is Cn1ccc(N[C@@H](C(=O)Nc2ccc(F)cc2)c2ccccc2)n1. The van der Waals surface area contributed by atoms with Gasteiger partial charge < -0.3 is 10.6 Å². The van der Waals surface area contributed by atoms with Crippen molar-refractivity contribution in [1.82, 2.24) is 9.78 Å². The summed E-state index contributed by atoms with van der Waals surface area (Å²) in [7, 11) is 1.81. The lowest BCUT2D eigenvalue weighted by Crippen LogP contribution is -2.27. The first kappa shape index (κ1) is 15.7. The monoisotopic (exact) mass is 324 g/mol. The summed E-state index contributed by atoms with van der Waals surface area (Å²) in [5, 5.41) is 10.2. The number of benzene rings is 2. The first-order valence-electron chi connectivity index (χ1n) is 7.49. The second-order valence-electron chi connectivity index (χ2n) is 5.36. The van der Waals surface area contributed by atoms with Gasteiger partial charge in [-0.05, 0) is 29.8 Å². The molecule has 0 unspecified atom stereocenters. The molecule has 0 saturated carbocycles. The van der Waals surface area contributed by atoms with Crippen molar-refractivity contribution in [2.45, 2.75) is 6.04 Å². The van der Waals surface area contributed by atoms with E-state index < -0.39 is 6.04 Å². The van der Waals surface area contributed by atoms with Crippen LogP contribution in [0.25, 0.3) is 0 Å². The second-order valence-corrected chi connectivity index (χ2v) is 5.36. The van der Waals surface area contributed by atoms with Gasteiger partial charge in [-0.3, -0.25) is 9.48 Å². The summed E-state index contributed by atoms with van der Waals surface area (Å²) in [4.78, 5) is 12.7. The van der Waals surface area contributed by atoms with Crippen molar-refractivity contribution >= 4 is 17.4 Å². The Morgan fingerprint density at radius 2 is 1.79 bits per heavy atom. The van der Waals surface area contributed by atoms with Gasteiger partial charge >= 0.3 is 0 Å². The number of aromatic nitrogens is 2. The summed E-state index contributed by atoms with van der Waals surface area (Å²) in [6, 6.07) is 16.2. The van der Waals surface area contributed by atoms with E-state index in [4.69, 9.17) is 0 Å². The van der Waals surface area contributed by atoms with Crippen molar-refractivity contribution in [2.75, 3.05) is 10.6 Å². The summed E-state index contributed by atoms with van der Waals surface area (Å²) in [6.45, 7) is 0. The zero-order chi connectivity index (χ0) is 16.9. The van der Waals surface area contributed by atoms with Crippen LogP contribution >= 0.6 is 0 Å². The number of nitrogens with zero attached hydrogens (tertiary/aromatic N) is 2. The number of rotatable bonds is 5. The maximum absolute atomic E-state index is 13.0. The van der Waals surface area contributed by atoms with Gasteiger partial charge in [0.1, 0.15) is 17.7 Å². The molecule has 24 heavy (non-hydrogen) atoms. The molecule has 1 amide bonds. The quantitative estimate of drug-likeness (QED) is 0.757.